The number of fused-ring (bicyclic) bond motifs is 4. The fourth-order valence-electron chi connectivity index (χ4n) is 10.8. The van der Waals surface area contributed by atoms with E-state index in [9.17, 15) is 29.5 Å². The van der Waals surface area contributed by atoms with Crippen LogP contribution in [0.1, 0.15) is 133 Å². The lowest BCUT2D eigenvalue weighted by molar-refractivity contribution is -0.144. The number of carbonyl (C=O) groups is 4. The Morgan fingerprint density at radius 2 is 1.64 bits per heavy atom. The largest absolute Gasteiger partial charge is 0.391 e. The molecule has 5 aromatic heterocycles. The van der Waals surface area contributed by atoms with Gasteiger partial charge in [0.25, 0.3) is 0 Å². The number of thiazole rings is 1. The highest BCUT2D eigenvalue weighted by Gasteiger charge is 2.52. The number of rotatable bonds is 17. The Hall–Kier alpha value is -6.62. The van der Waals surface area contributed by atoms with Crippen molar-refractivity contribution in [2.75, 3.05) is 18.9 Å². The van der Waals surface area contributed by atoms with E-state index < -0.39 is 29.5 Å². The van der Waals surface area contributed by atoms with Gasteiger partial charge in [-0.05, 0) is 106 Å². The van der Waals surface area contributed by atoms with Gasteiger partial charge in [0.05, 0.1) is 62.5 Å². The maximum absolute atomic E-state index is 14.2. The number of aryl methyl sites for hydroxylation is 1. The quantitative estimate of drug-likeness (QED) is 0.0547. The highest BCUT2D eigenvalue weighted by Crippen LogP contribution is 2.55. The molecule has 0 spiro atoms. The molecule has 3 aliphatic carbocycles. The highest BCUT2D eigenvalue weighted by atomic mass is 32.1. The number of aliphatic hydroxyl groups is 1. The number of anilines is 1. The molecule has 4 amide bonds. The number of benzene rings is 1. The third kappa shape index (κ3) is 10.9. The Bertz CT molecular complexity index is 3040. The van der Waals surface area contributed by atoms with Gasteiger partial charge in [-0.25, -0.2) is 9.50 Å². The molecule has 4 aliphatic rings. The summed E-state index contributed by atoms with van der Waals surface area (Å²) >= 11 is 3.19. The van der Waals surface area contributed by atoms with Gasteiger partial charge < -0.3 is 31.3 Å². The molecule has 19 heteroatoms. The summed E-state index contributed by atoms with van der Waals surface area (Å²) < 4.78 is 1.77. The van der Waals surface area contributed by atoms with E-state index in [1.165, 1.54) is 4.90 Å². The number of unbranched alkanes of at least 4 members (excludes halogenated alkanes) is 2. The Kier molecular flexibility index (Phi) is 14.8. The molecule has 5 N–H and O–H groups in total. The normalized spacial score (nSPS) is 21.4. The van der Waals surface area contributed by atoms with Crippen molar-refractivity contribution < 1.29 is 24.3 Å². The van der Waals surface area contributed by atoms with Crippen LogP contribution in [0.2, 0.25) is 0 Å². The van der Waals surface area contributed by atoms with Gasteiger partial charge in [0.2, 0.25) is 23.6 Å². The maximum Gasteiger partial charge on any atom is 0.246 e. The monoisotopic (exact) mass is 1020 g/mol. The summed E-state index contributed by atoms with van der Waals surface area (Å²) in [5.41, 5.74) is 8.36. The van der Waals surface area contributed by atoms with Gasteiger partial charge in [-0.2, -0.15) is 10.4 Å². The summed E-state index contributed by atoms with van der Waals surface area (Å²) in [5, 5.41) is 48.4. The Morgan fingerprint density at radius 3 is 2.32 bits per heavy atom. The fraction of sp³-hybridized carbons (Fsp3) is 0.481. The first kappa shape index (κ1) is 51.3. The first-order valence-electron chi connectivity index (χ1n) is 25.3. The molecule has 1 aliphatic heterocycles. The fourth-order valence-corrected chi connectivity index (χ4v) is 12.8. The average Bonchev–Trinajstić information content (AvgIpc) is 4.22. The van der Waals surface area contributed by atoms with Crippen LogP contribution in [0.4, 0.5) is 5.69 Å². The van der Waals surface area contributed by atoms with Crippen LogP contribution in [-0.2, 0) is 24.6 Å². The topological polar surface area (TPSA) is 233 Å². The minimum atomic E-state index is -0.914. The lowest BCUT2D eigenvalue weighted by Gasteiger charge is -2.52. The highest BCUT2D eigenvalue weighted by molar-refractivity contribution is 7.15. The minimum absolute atomic E-state index is 0.00169. The van der Waals surface area contributed by atoms with Crippen molar-refractivity contribution in [1.29, 1.82) is 5.26 Å². The molecule has 17 nitrogen and oxygen atoms in total. The molecule has 4 fully saturated rings. The van der Waals surface area contributed by atoms with Crippen LogP contribution < -0.4 is 21.3 Å². The average molecular weight is 1030 g/mol. The van der Waals surface area contributed by atoms with Crippen LogP contribution in [0.15, 0.2) is 66.4 Å². The molecule has 0 unspecified atom stereocenters. The molecule has 10 rings (SSSR count). The van der Waals surface area contributed by atoms with Gasteiger partial charge >= 0.3 is 0 Å². The minimum Gasteiger partial charge on any atom is -0.391 e. The molecule has 1 aromatic carbocycles. The maximum atomic E-state index is 14.2. The van der Waals surface area contributed by atoms with E-state index in [0.29, 0.717) is 31.2 Å². The van der Waals surface area contributed by atoms with E-state index in [-0.39, 0.29) is 54.1 Å². The van der Waals surface area contributed by atoms with Gasteiger partial charge in [0.1, 0.15) is 23.2 Å². The van der Waals surface area contributed by atoms with E-state index in [2.05, 4.69) is 42.5 Å². The predicted molar refractivity (Wildman–Crippen MR) is 281 cm³/mol. The van der Waals surface area contributed by atoms with Crippen molar-refractivity contribution >= 4 is 57.5 Å². The van der Waals surface area contributed by atoms with Gasteiger partial charge in [0, 0.05) is 55.7 Å². The van der Waals surface area contributed by atoms with Crippen LogP contribution >= 0.6 is 22.7 Å². The molecule has 73 heavy (non-hydrogen) atoms. The molecule has 0 radical (unpaired) electrons. The molecule has 3 saturated carbocycles. The van der Waals surface area contributed by atoms with Gasteiger partial charge in [-0.3, -0.25) is 24.2 Å². The van der Waals surface area contributed by atoms with Gasteiger partial charge in [0.15, 0.2) is 5.01 Å². The Balaban J connectivity index is 0.720. The van der Waals surface area contributed by atoms with E-state index in [0.717, 1.165) is 98.4 Å². The number of hydrogen-bond donors (Lipinski definition) is 5. The van der Waals surface area contributed by atoms with E-state index >= 15 is 0 Å². The number of likely N-dealkylation sites (tertiary alicyclic amines) is 1. The SMILES string of the molecule is CNc1cc(-c2ccc3cc(C#N)cnn23)ncc1-c1nnc(C23CCC(NC(=O)CCCCCC(=O)N[C@H](C(=O)N4C[C@H](O)C[C@H]4C(=O)N[C@@H](C)c4ccc(-c5scnc5C)cc4)C(C)(C)C)(CC2)CC3)s1. The first-order chi connectivity index (χ1) is 35.0. The van der Waals surface area contributed by atoms with Crippen molar-refractivity contribution in [3.05, 3.63) is 88.3 Å². The summed E-state index contributed by atoms with van der Waals surface area (Å²) in [6.45, 7) is 9.48. The zero-order valence-electron chi connectivity index (χ0n) is 42.3. The number of pyridine rings is 1. The van der Waals surface area contributed by atoms with E-state index in [4.69, 9.17) is 10.1 Å². The number of nitrogens with one attached hydrogen (secondary N) is 4. The molecule has 1 saturated heterocycles. The lowest BCUT2D eigenvalue weighted by Crippen LogP contribution is -2.57. The zero-order valence-corrected chi connectivity index (χ0v) is 44.0. The lowest BCUT2D eigenvalue weighted by atomic mass is 9.57. The van der Waals surface area contributed by atoms with Crippen molar-refractivity contribution in [3.63, 3.8) is 0 Å². The van der Waals surface area contributed by atoms with Crippen LogP contribution in [0.25, 0.3) is 37.9 Å². The predicted octanol–water partition coefficient (Wildman–Crippen LogP) is 8.04. The molecular formula is C54H64N12O5S2. The van der Waals surface area contributed by atoms with Crippen LogP contribution in [0.5, 0.6) is 0 Å². The molecule has 4 atom stereocenters. The summed E-state index contributed by atoms with van der Waals surface area (Å²) in [5.74, 6) is -0.997. The number of aromatic nitrogens is 6. The smallest absolute Gasteiger partial charge is 0.246 e. The van der Waals surface area contributed by atoms with Crippen molar-refractivity contribution in [2.45, 2.75) is 147 Å². The summed E-state index contributed by atoms with van der Waals surface area (Å²) in [7, 11) is 1.87. The number of carbonyl (C=O) groups excluding carboxylic acids is 4. The van der Waals surface area contributed by atoms with Crippen LogP contribution in [-0.4, -0.2) is 101 Å². The van der Waals surface area contributed by atoms with Crippen molar-refractivity contribution in [2.24, 2.45) is 5.41 Å². The zero-order chi connectivity index (χ0) is 51.7. The van der Waals surface area contributed by atoms with Crippen LogP contribution in [0, 0.1) is 23.7 Å². The Morgan fingerprint density at radius 1 is 0.918 bits per heavy atom. The van der Waals surface area contributed by atoms with Gasteiger partial charge in [-0.1, -0.05) is 62.8 Å². The summed E-state index contributed by atoms with van der Waals surface area (Å²) in [6.07, 6.45) is 10.4. The Labute approximate surface area is 433 Å². The summed E-state index contributed by atoms with van der Waals surface area (Å²) in [4.78, 5) is 66.3. The van der Waals surface area contributed by atoms with Crippen molar-refractivity contribution in [1.82, 2.24) is 50.6 Å². The standard InChI is InChI=1S/C54H64N12O5S2/c1-32(35-12-14-36(15-13-35)46-33(2)58-31-72-46)60-48(70)43-25-38(67)30-65(43)50(71)47(52(3,4)5)61-44(68)10-8-7-9-11-45(69)62-54-21-18-53(19-22-54,20-23-54)51-64-63-49(73-51)39-29-57-41(26-40(39)56-6)42-17-16-37-24-34(27-55)28-59-66(37)42/h12-17,24,26,28-29,31-32,38,43,47,67H,7-11,18-23,25,30H2,1-6H3,(H,56,57)(H,60,70)(H,61,68)(H,62,69)/t32-,38+,43-,47+,53?,54?/m0/s1. The molecule has 6 aromatic rings. The number of nitrogens with zero attached hydrogens (tertiary/aromatic N) is 8. The summed E-state index contributed by atoms with van der Waals surface area (Å²) in [6, 6.07) is 15.6. The molecular weight excluding hydrogens is 961 g/mol. The molecule has 382 valence electrons. The first-order valence-corrected chi connectivity index (χ1v) is 27.0. The number of hydrogen-bond acceptors (Lipinski definition) is 14. The third-order valence-electron chi connectivity index (χ3n) is 15.2. The second kappa shape index (κ2) is 21.1. The second-order valence-electron chi connectivity index (χ2n) is 21.2. The van der Waals surface area contributed by atoms with E-state index in [1.54, 1.807) is 39.5 Å². The number of β-amino-alcohol motifs (C(OH)–C–C–N with tert-alkyl or cyclic N) is 1. The molecule has 2 bridgehead atoms. The van der Waals surface area contributed by atoms with Gasteiger partial charge in [-0.15, -0.1) is 21.5 Å². The number of amides is 4. The third-order valence-corrected chi connectivity index (χ3v) is 17.4. The van der Waals surface area contributed by atoms with Crippen LogP contribution in [0.3, 0.4) is 0 Å². The second-order valence-corrected chi connectivity index (χ2v) is 23.1. The number of nitriles is 1. The number of aliphatic hydroxyl groups excluding tert-OH is 1. The van der Waals surface area contributed by atoms with E-state index in [1.807, 2.05) is 95.8 Å². The van der Waals surface area contributed by atoms with Crippen molar-refractivity contribution in [3.8, 4) is 38.5 Å². The molecule has 6 heterocycles.